The smallest absolute Gasteiger partial charge is 0.0887 e. The summed E-state index contributed by atoms with van der Waals surface area (Å²) in [4.78, 5) is 0. The molecule has 104 valence electrons. The molecule has 0 spiro atoms. The lowest BCUT2D eigenvalue weighted by molar-refractivity contribution is 0.225. The van der Waals surface area contributed by atoms with Crippen molar-refractivity contribution in [3.05, 3.63) is 11.8 Å². The fraction of sp³-hybridized carbons (Fsp3) is 0.867. The summed E-state index contributed by atoms with van der Waals surface area (Å²) < 4.78 is 17.9. The van der Waals surface area contributed by atoms with Crippen LogP contribution in [0.5, 0.6) is 0 Å². The van der Waals surface area contributed by atoms with Gasteiger partial charge in [-0.15, -0.1) is 0 Å². The third-order valence-corrected chi connectivity index (χ3v) is 6.50. The molecule has 0 bridgehead atoms. The molecule has 0 amide bonds. The van der Waals surface area contributed by atoms with Crippen LogP contribution in [0.4, 0.5) is 0 Å². The van der Waals surface area contributed by atoms with E-state index < -0.39 is 10.8 Å². The van der Waals surface area contributed by atoms with E-state index in [2.05, 4.69) is 6.92 Å². The van der Waals surface area contributed by atoms with Crippen molar-refractivity contribution in [1.29, 1.82) is 0 Å². The monoisotopic (exact) mass is 270 g/mol. The maximum absolute atomic E-state index is 12.2. The molecule has 0 aromatic carbocycles. The lowest BCUT2D eigenvalue weighted by atomic mass is 9.99. The van der Waals surface area contributed by atoms with Crippen molar-refractivity contribution in [2.45, 2.75) is 69.5 Å². The van der Waals surface area contributed by atoms with Crippen LogP contribution in [0.15, 0.2) is 11.8 Å². The molecule has 2 aliphatic rings. The minimum absolute atomic E-state index is 0.00924. The summed E-state index contributed by atoms with van der Waals surface area (Å²) in [5.41, 5.74) is 1.46. The van der Waals surface area contributed by atoms with E-state index in [0.717, 1.165) is 31.6 Å². The molecule has 0 radical (unpaired) electrons. The van der Waals surface area contributed by atoms with Gasteiger partial charge in [0.25, 0.3) is 0 Å². The Morgan fingerprint density at radius 1 is 1.22 bits per heavy atom. The van der Waals surface area contributed by atoms with Gasteiger partial charge in [0.1, 0.15) is 0 Å². The highest BCUT2D eigenvalue weighted by atomic mass is 32.2. The lowest BCUT2D eigenvalue weighted by Gasteiger charge is -2.26. The van der Waals surface area contributed by atoms with Crippen LogP contribution in [0.2, 0.25) is 0 Å². The fourth-order valence-corrected chi connectivity index (χ4v) is 4.55. The van der Waals surface area contributed by atoms with Gasteiger partial charge in [0.15, 0.2) is 0 Å². The van der Waals surface area contributed by atoms with Gasteiger partial charge in [0.05, 0.1) is 12.9 Å². The Balaban J connectivity index is 1.76. The van der Waals surface area contributed by atoms with Gasteiger partial charge in [-0.3, -0.25) is 4.21 Å². The Kier molecular flexibility index (Phi) is 5.28. The Labute approximate surface area is 114 Å². The van der Waals surface area contributed by atoms with Gasteiger partial charge in [-0.1, -0.05) is 12.8 Å². The molecule has 0 aromatic rings. The summed E-state index contributed by atoms with van der Waals surface area (Å²) in [5, 5.41) is 0. The first-order valence-corrected chi connectivity index (χ1v) is 8.71. The van der Waals surface area contributed by atoms with Crippen molar-refractivity contribution in [2.24, 2.45) is 0 Å². The van der Waals surface area contributed by atoms with Crippen LogP contribution in [-0.2, 0) is 15.5 Å². The second-order valence-corrected chi connectivity index (χ2v) is 8.00. The van der Waals surface area contributed by atoms with Gasteiger partial charge < -0.3 is 4.74 Å². The highest BCUT2D eigenvalue weighted by Crippen LogP contribution is 2.30. The molecular weight excluding hydrogens is 244 g/mol. The van der Waals surface area contributed by atoms with Gasteiger partial charge in [0.2, 0.25) is 0 Å². The highest BCUT2D eigenvalue weighted by molar-refractivity contribution is 7.86. The van der Waals surface area contributed by atoms with E-state index in [1.165, 1.54) is 44.1 Å². The van der Waals surface area contributed by atoms with Crippen LogP contribution >= 0.6 is 0 Å². The second kappa shape index (κ2) is 6.74. The molecule has 2 nitrogen and oxygen atoms in total. The van der Waals surface area contributed by atoms with E-state index in [4.69, 9.17) is 4.74 Å². The maximum atomic E-state index is 12.2. The third-order valence-electron chi connectivity index (χ3n) is 4.33. The minimum Gasteiger partial charge on any atom is -0.501 e. The van der Waals surface area contributed by atoms with Crippen molar-refractivity contribution >= 4 is 10.8 Å². The number of ether oxygens (including phenoxy) is 1. The minimum atomic E-state index is -0.667. The topological polar surface area (TPSA) is 26.3 Å². The first-order valence-electron chi connectivity index (χ1n) is 7.39. The van der Waals surface area contributed by atoms with Crippen LogP contribution < -0.4 is 0 Å². The van der Waals surface area contributed by atoms with Crippen molar-refractivity contribution in [3.8, 4) is 0 Å². The van der Waals surface area contributed by atoms with Gasteiger partial charge in [-0.05, 0) is 57.4 Å². The molecule has 1 aliphatic heterocycles. The van der Waals surface area contributed by atoms with Crippen LogP contribution in [0.3, 0.4) is 0 Å². The van der Waals surface area contributed by atoms with Crippen molar-refractivity contribution in [2.75, 3.05) is 12.4 Å². The largest absolute Gasteiger partial charge is 0.501 e. The number of allylic oxidation sites excluding steroid dienone is 1. The number of hydrogen-bond acceptors (Lipinski definition) is 2. The molecule has 1 heterocycles. The van der Waals surface area contributed by atoms with Gasteiger partial charge in [0, 0.05) is 21.3 Å². The summed E-state index contributed by atoms with van der Waals surface area (Å²) >= 11 is 0. The van der Waals surface area contributed by atoms with E-state index in [-0.39, 0.29) is 4.75 Å². The van der Waals surface area contributed by atoms with E-state index in [9.17, 15) is 4.21 Å². The second-order valence-electron chi connectivity index (χ2n) is 5.91. The number of hydrogen-bond donors (Lipinski definition) is 0. The fourth-order valence-electron chi connectivity index (χ4n) is 2.91. The third kappa shape index (κ3) is 3.84. The Morgan fingerprint density at radius 2 is 2.00 bits per heavy atom. The average Bonchev–Trinajstić information content (AvgIpc) is 2.81. The molecule has 1 aliphatic carbocycles. The van der Waals surface area contributed by atoms with Crippen LogP contribution in [0.25, 0.3) is 0 Å². The standard InChI is InChI=1S/C15H26O2S/c1-15(9-5-2-6-12-18(15)16)10-11-17-13-14-7-3-4-8-14/h13H,2-12H2,1H3. The lowest BCUT2D eigenvalue weighted by Crippen LogP contribution is -2.32. The molecule has 0 N–H and O–H groups in total. The summed E-state index contributed by atoms with van der Waals surface area (Å²) in [7, 11) is -0.667. The molecule has 0 aromatic heterocycles. The zero-order valence-electron chi connectivity index (χ0n) is 11.6. The van der Waals surface area contributed by atoms with Crippen LogP contribution in [0.1, 0.15) is 64.7 Å². The Hall–Kier alpha value is -0.310. The zero-order valence-corrected chi connectivity index (χ0v) is 12.4. The first-order chi connectivity index (χ1) is 8.71. The molecule has 1 saturated carbocycles. The summed E-state index contributed by atoms with van der Waals surface area (Å²) in [6, 6.07) is 0. The van der Waals surface area contributed by atoms with E-state index in [1.54, 1.807) is 0 Å². The Morgan fingerprint density at radius 3 is 2.78 bits per heavy atom. The van der Waals surface area contributed by atoms with Crippen molar-refractivity contribution < 1.29 is 8.95 Å². The van der Waals surface area contributed by atoms with Gasteiger partial charge >= 0.3 is 0 Å². The van der Waals surface area contributed by atoms with Crippen molar-refractivity contribution in [3.63, 3.8) is 0 Å². The maximum Gasteiger partial charge on any atom is 0.0887 e. The summed E-state index contributed by atoms with van der Waals surface area (Å²) in [5.74, 6) is 0.886. The zero-order chi connectivity index (χ0) is 12.8. The van der Waals surface area contributed by atoms with Gasteiger partial charge in [-0.2, -0.15) is 0 Å². The van der Waals surface area contributed by atoms with E-state index in [1.807, 2.05) is 6.26 Å². The van der Waals surface area contributed by atoms with Crippen LogP contribution in [0, 0.1) is 0 Å². The molecule has 2 rings (SSSR count). The number of rotatable bonds is 4. The normalized spacial score (nSPS) is 33.2. The van der Waals surface area contributed by atoms with Gasteiger partial charge in [-0.25, -0.2) is 0 Å². The molecule has 2 atom stereocenters. The average molecular weight is 270 g/mol. The Bertz CT molecular complexity index is 316. The van der Waals surface area contributed by atoms with Crippen molar-refractivity contribution in [1.82, 2.24) is 0 Å². The first kappa shape index (κ1) is 14.1. The molecule has 3 heteroatoms. The molecule has 18 heavy (non-hydrogen) atoms. The predicted octanol–water partition coefficient (Wildman–Crippen LogP) is 3.93. The quantitative estimate of drug-likeness (QED) is 0.571. The summed E-state index contributed by atoms with van der Waals surface area (Å²) in [6.45, 7) is 2.91. The van der Waals surface area contributed by atoms with E-state index >= 15 is 0 Å². The molecule has 2 unspecified atom stereocenters. The predicted molar refractivity (Wildman–Crippen MR) is 77.0 cm³/mol. The molecule has 2 fully saturated rings. The molecular formula is C15H26O2S. The van der Waals surface area contributed by atoms with Crippen LogP contribution in [-0.4, -0.2) is 21.3 Å². The SMILES string of the molecule is CC1(CCOC=C2CCCC2)CCCCCS1=O. The van der Waals surface area contributed by atoms with E-state index in [0.29, 0.717) is 0 Å². The molecule has 1 saturated heterocycles. The highest BCUT2D eigenvalue weighted by Gasteiger charge is 2.32. The summed E-state index contributed by atoms with van der Waals surface area (Å²) in [6.07, 6.45) is 12.7.